The Hall–Kier alpha value is -1.72. The smallest absolute Gasteiger partial charge is 0.252 e. The number of amides is 1. The van der Waals surface area contributed by atoms with Crippen molar-refractivity contribution < 1.29 is 14.3 Å². The van der Waals surface area contributed by atoms with Crippen LogP contribution in [0.5, 0.6) is 0 Å². The number of benzene rings is 2. The van der Waals surface area contributed by atoms with Crippen LogP contribution in [0.2, 0.25) is 0 Å². The molecular formula is C15H13BrFNO2. The Balaban J connectivity index is 2.17. The highest BCUT2D eigenvalue weighted by molar-refractivity contribution is 9.10. The lowest BCUT2D eigenvalue weighted by atomic mass is 10.1. The highest BCUT2D eigenvalue weighted by Crippen LogP contribution is 2.19. The quantitative estimate of drug-likeness (QED) is 0.900. The number of hydrogen-bond acceptors (Lipinski definition) is 2. The second-order valence-corrected chi connectivity index (χ2v) is 5.10. The molecule has 1 atom stereocenters. The van der Waals surface area contributed by atoms with Crippen molar-refractivity contribution >= 4 is 21.8 Å². The van der Waals surface area contributed by atoms with E-state index < -0.39 is 11.9 Å². The average molecular weight is 338 g/mol. The van der Waals surface area contributed by atoms with E-state index in [1.165, 1.54) is 18.2 Å². The molecule has 0 aliphatic rings. The Labute approximate surface area is 124 Å². The number of halogens is 2. The van der Waals surface area contributed by atoms with E-state index in [1.807, 2.05) is 30.3 Å². The summed E-state index contributed by atoms with van der Waals surface area (Å²) in [5.74, 6) is -0.796. The van der Waals surface area contributed by atoms with E-state index in [1.54, 1.807) is 0 Å². The number of hydrogen-bond donors (Lipinski definition) is 2. The van der Waals surface area contributed by atoms with Crippen LogP contribution in [0, 0.1) is 5.82 Å². The van der Waals surface area contributed by atoms with E-state index >= 15 is 0 Å². The molecule has 2 aromatic carbocycles. The van der Waals surface area contributed by atoms with Crippen LogP contribution < -0.4 is 5.32 Å². The summed E-state index contributed by atoms with van der Waals surface area (Å²) in [6.45, 7) is -0.214. The van der Waals surface area contributed by atoms with Crippen molar-refractivity contribution in [2.75, 3.05) is 6.61 Å². The summed E-state index contributed by atoms with van der Waals surface area (Å²) in [4.78, 5) is 12.1. The molecule has 1 amide bonds. The predicted octanol–water partition coefficient (Wildman–Crippen LogP) is 3.05. The normalized spacial score (nSPS) is 11.9. The fourth-order valence-electron chi connectivity index (χ4n) is 1.83. The van der Waals surface area contributed by atoms with Crippen molar-refractivity contribution in [1.82, 2.24) is 5.32 Å². The maximum Gasteiger partial charge on any atom is 0.252 e. The Kier molecular flexibility index (Phi) is 4.87. The van der Waals surface area contributed by atoms with E-state index in [-0.39, 0.29) is 12.5 Å². The fraction of sp³-hybridized carbons (Fsp3) is 0.133. The molecule has 0 saturated heterocycles. The van der Waals surface area contributed by atoms with Gasteiger partial charge in [-0.15, -0.1) is 0 Å². The first-order valence-electron chi connectivity index (χ1n) is 6.03. The molecule has 104 valence electrons. The second kappa shape index (κ2) is 6.63. The molecule has 0 unspecified atom stereocenters. The molecule has 5 heteroatoms. The van der Waals surface area contributed by atoms with Crippen molar-refractivity contribution in [3.63, 3.8) is 0 Å². The van der Waals surface area contributed by atoms with Gasteiger partial charge in [0.25, 0.3) is 5.91 Å². The van der Waals surface area contributed by atoms with Gasteiger partial charge in [0.05, 0.1) is 18.2 Å². The van der Waals surface area contributed by atoms with Crippen molar-refractivity contribution in [2.24, 2.45) is 0 Å². The first kappa shape index (κ1) is 14.7. The minimum Gasteiger partial charge on any atom is -0.394 e. The standard InChI is InChI=1S/C15H13BrFNO2/c16-13-8-11(17)6-7-12(13)15(20)18-14(9-19)10-4-2-1-3-5-10/h1-8,14,19H,9H2,(H,18,20)/t14-/m0/s1. The molecule has 0 spiro atoms. The zero-order valence-corrected chi connectivity index (χ0v) is 12.1. The Morgan fingerprint density at radius 1 is 1.25 bits per heavy atom. The van der Waals surface area contributed by atoms with Crippen molar-refractivity contribution in [1.29, 1.82) is 0 Å². The van der Waals surface area contributed by atoms with E-state index in [0.717, 1.165) is 5.56 Å². The van der Waals surface area contributed by atoms with Gasteiger partial charge in [-0.2, -0.15) is 0 Å². The Morgan fingerprint density at radius 3 is 2.55 bits per heavy atom. The van der Waals surface area contributed by atoms with E-state index in [9.17, 15) is 14.3 Å². The minimum atomic E-state index is -0.499. The molecule has 0 saturated carbocycles. The lowest BCUT2D eigenvalue weighted by Crippen LogP contribution is -2.31. The van der Waals surface area contributed by atoms with Crippen LogP contribution in [0.25, 0.3) is 0 Å². The predicted molar refractivity (Wildman–Crippen MR) is 77.8 cm³/mol. The van der Waals surface area contributed by atoms with Gasteiger partial charge in [-0.1, -0.05) is 30.3 Å². The molecule has 0 heterocycles. The van der Waals surface area contributed by atoms with Crippen molar-refractivity contribution in [2.45, 2.75) is 6.04 Å². The highest BCUT2D eigenvalue weighted by Gasteiger charge is 2.16. The number of rotatable bonds is 4. The Morgan fingerprint density at radius 2 is 1.95 bits per heavy atom. The first-order chi connectivity index (χ1) is 9.61. The summed E-state index contributed by atoms with van der Waals surface area (Å²) in [6.07, 6.45) is 0. The highest BCUT2D eigenvalue weighted by atomic mass is 79.9. The van der Waals surface area contributed by atoms with Gasteiger partial charge in [0.2, 0.25) is 0 Å². The van der Waals surface area contributed by atoms with E-state index in [0.29, 0.717) is 10.0 Å². The van der Waals surface area contributed by atoms with Crippen LogP contribution in [-0.2, 0) is 0 Å². The van der Waals surface area contributed by atoms with Crippen LogP contribution in [-0.4, -0.2) is 17.6 Å². The molecule has 2 aromatic rings. The second-order valence-electron chi connectivity index (χ2n) is 4.24. The summed E-state index contributed by atoms with van der Waals surface area (Å²) in [5.41, 5.74) is 1.13. The topological polar surface area (TPSA) is 49.3 Å². The lowest BCUT2D eigenvalue weighted by molar-refractivity contribution is 0.0915. The third kappa shape index (κ3) is 3.43. The summed E-state index contributed by atoms with van der Waals surface area (Å²) < 4.78 is 13.4. The number of aliphatic hydroxyl groups excluding tert-OH is 1. The average Bonchev–Trinajstić information content (AvgIpc) is 2.45. The SMILES string of the molecule is O=C(N[C@@H](CO)c1ccccc1)c1ccc(F)cc1Br. The van der Waals surface area contributed by atoms with Gasteiger partial charge in [-0.3, -0.25) is 4.79 Å². The third-order valence-corrected chi connectivity index (χ3v) is 3.52. The molecule has 2 N–H and O–H groups in total. The monoisotopic (exact) mass is 337 g/mol. The summed E-state index contributed by atoms with van der Waals surface area (Å²) in [6, 6.07) is 12.5. The van der Waals surface area contributed by atoms with Crippen molar-refractivity contribution in [3.8, 4) is 0 Å². The maximum absolute atomic E-state index is 13.0. The van der Waals surface area contributed by atoms with Gasteiger partial charge in [-0.25, -0.2) is 4.39 Å². The number of aliphatic hydroxyl groups is 1. The number of carbonyl (C=O) groups is 1. The van der Waals surface area contributed by atoms with Gasteiger partial charge in [0.15, 0.2) is 0 Å². The molecule has 0 fully saturated rings. The van der Waals surface area contributed by atoms with E-state index in [2.05, 4.69) is 21.2 Å². The number of carbonyl (C=O) groups excluding carboxylic acids is 1. The molecular weight excluding hydrogens is 325 g/mol. The molecule has 20 heavy (non-hydrogen) atoms. The molecule has 2 rings (SSSR count). The van der Waals surface area contributed by atoms with Gasteiger partial charge in [-0.05, 0) is 39.7 Å². The maximum atomic E-state index is 13.0. The van der Waals surface area contributed by atoms with Crippen LogP contribution >= 0.6 is 15.9 Å². The first-order valence-corrected chi connectivity index (χ1v) is 6.83. The summed E-state index contributed by atoms with van der Waals surface area (Å²) >= 11 is 3.15. The molecule has 0 bridgehead atoms. The zero-order valence-electron chi connectivity index (χ0n) is 10.5. The van der Waals surface area contributed by atoms with Gasteiger partial charge < -0.3 is 10.4 Å². The summed E-state index contributed by atoms with van der Waals surface area (Å²) in [7, 11) is 0. The summed E-state index contributed by atoms with van der Waals surface area (Å²) in [5, 5.41) is 12.1. The van der Waals surface area contributed by atoms with Crippen molar-refractivity contribution in [3.05, 3.63) is 69.9 Å². The molecule has 0 aromatic heterocycles. The minimum absolute atomic E-state index is 0.214. The largest absolute Gasteiger partial charge is 0.394 e. The van der Waals surface area contributed by atoms with Gasteiger partial charge in [0, 0.05) is 4.47 Å². The molecule has 0 aliphatic heterocycles. The van der Waals surface area contributed by atoms with Gasteiger partial charge in [0.1, 0.15) is 5.82 Å². The van der Waals surface area contributed by atoms with Crippen LogP contribution in [0.4, 0.5) is 4.39 Å². The molecule has 3 nitrogen and oxygen atoms in total. The van der Waals surface area contributed by atoms with Crippen LogP contribution in [0.1, 0.15) is 22.0 Å². The lowest BCUT2D eigenvalue weighted by Gasteiger charge is -2.17. The van der Waals surface area contributed by atoms with Gasteiger partial charge >= 0.3 is 0 Å². The third-order valence-electron chi connectivity index (χ3n) is 2.87. The Bertz CT molecular complexity index is 604. The van der Waals surface area contributed by atoms with Crippen LogP contribution in [0.15, 0.2) is 53.0 Å². The molecule has 0 radical (unpaired) electrons. The van der Waals surface area contributed by atoms with Crippen LogP contribution in [0.3, 0.4) is 0 Å². The number of nitrogens with one attached hydrogen (secondary N) is 1. The van der Waals surface area contributed by atoms with E-state index in [4.69, 9.17) is 0 Å². The molecule has 0 aliphatic carbocycles. The fourth-order valence-corrected chi connectivity index (χ4v) is 2.36. The zero-order chi connectivity index (χ0) is 14.5.